The van der Waals surface area contributed by atoms with Crippen LogP contribution in [0.4, 0.5) is 0 Å². The maximum Gasteiger partial charge on any atom is 0.277 e. The fraction of sp³-hybridized carbons (Fsp3) is 0.250. The van der Waals surface area contributed by atoms with Crippen LogP contribution in [0.5, 0.6) is 0 Å². The monoisotopic (exact) mass is 263 g/mol. The van der Waals surface area contributed by atoms with Gasteiger partial charge < -0.3 is 10.2 Å². The Morgan fingerprint density at radius 1 is 1.33 bits per heavy atom. The summed E-state index contributed by atoms with van der Waals surface area (Å²) in [4.78, 5) is 10.6. The van der Waals surface area contributed by atoms with E-state index in [1.165, 1.54) is 5.56 Å². The minimum absolute atomic E-state index is 0.135. The van der Waals surface area contributed by atoms with Crippen LogP contribution >= 0.6 is 11.8 Å². The van der Waals surface area contributed by atoms with Crippen LogP contribution in [0.15, 0.2) is 33.9 Å². The highest BCUT2D eigenvalue weighted by molar-refractivity contribution is 7.99. The van der Waals surface area contributed by atoms with Gasteiger partial charge in [-0.1, -0.05) is 30.8 Å². The van der Waals surface area contributed by atoms with Gasteiger partial charge in [0.15, 0.2) is 0 Å². The summed E-state index contributed by atoms with van der Waals surface area (Å²) >= 11 is 1.14. The molecule has 1 amide bonds. The number of benzene rings is 1. The molecule has 94 valence electrons. The molecule has 1 aromatic carbocycles. The fourth-order valence-corrected chi connectivity index (χ4v) is 1.90. The molecule has 2 rings (SSSR count). The predicted octanol–water partition coefficient (Wildman–Crippen LogP) is 1.88. The molecule has 0 spiro atoms. The largest absolute Gasteiger partial charge is 0.411 e. The van der Waals surface area contributed by atoms with Gasteiger partial charge in [0.2, 0.25) is 11.8 Å². The third-order valence-corrected chi connectivity index (χ3v) is 3.19. The lowest BCUT2D eigenvalue weighted by atomic mass is 10.1. The summed E-state index contributed by atoms with van der Waals surface area (Å²) in [6.45, 7) is 2.10. The number of hydrogen-bond acceptors (Lipinski definition) is 5. The van der Waals surface area contributed by atoms with Crippen molar-refractivity contribution in [3.63, 3.8) is 0 Å². The molecule has 0 fully saturated rings. The van der Waals surface area contributed by atoms with E-state index in [4.69, 9.17) is 10.2 Å². The van der Waals surface area contributed by atoms with E-state index < -0.39 is 5.91 Å². The van der Waals surface area contributed by atoms with Crippen molar-refractivity contribution in [3.8, 4) is 11.5 Å². The third-order valence-electron chi connectivity index (χ3n) is 2.35. The van der Waals surface area contributed by atoms with E-state index in [1.807, 2.05) is 24.3 Å². The number of aryl methyl sites for hydroxylation is 1. The van der Waals surface area contributed by atoms with Gasteiger partial charge in [-0.05, 0) is 24.1 Å². The van der Waals surface area contributed by atoms with Crippen molar-refractivity contribution in [1.29, 1.82) is 0 Å². The van der Waals surface area contributed by atoms with E-state index in [-0.39, 0.29) is 5.75 Å². The fourth-order valence-electron chi connectivity index (χ4n) is 1.40. The van der Waals surface area contributed by atoms with Crippen molar-refractivity contribution in [1.82, 2.24) is 10.2 Å². The van der Waals surface area contributed by atoms with Crippen molar-refractivity contribution < 1.29 is 9.21 Å². The van der Waals surface area contributed by atoms with Gasteiger partial charge >= 0.3 is 0 Å². The van der Waals surface area contributed by atoms with Gasteiger partial charge in [0, 0.05) is 5.56 Å². The Balaban J connectivity index is 2.10. The average molecular weight is 263 g/mol. The second kappa shape index (κ2) is 5.68. The molecule has 6 heteroatoms. The Morgan fingerprint density at radius 3 is 2.67 bits per heavy atom. The highest BCUT2D eigenvalue weighted by Crippen LogP contribution is 2.23. The molecular formula is C12H13N3O2S. The van der Waals surface area contributed by atoms with Gasteiger partial charge in [0.05, 0.1) is 5.75 Å². The average Bonchev–Trinajstić information content (AvgIpc) is 2.85. The van der Waals surface area contributed by atoms with Gasteiger partial charge in [0.25, 0.3) is 5.22 Å². The Labute approximate surface area is 109 Å². The van der Waals surface area contributed by atoms with E-state index in [1.54, 1.807) is 0 Å². The van der Waals surface area contributed by atoms with Gasteiger partial charge in [-0.2, -0.15) is 0 Å². The molecule has 1 heterocycles. The first-order valence-corrected chi connectivity index (χ1v) is 6.51. The van der Waals surface area contributed by atoms with Crippen molar-refractivity contribution in [2.75, 3.05) is 5.75 Å². The number of aromatic nitrogens is 2. The number of nitrogens with two attached hydrogens (primary N) is 1. The van der Waals surface area contributed by atoms with Crippen LogP contribution in [-0.4, -0.2) is 21.9 Å². The molecule has 5 nitrogen and oxygen atoms in total. The van der Waals surface area contributed by atoms with E-state index in [0.29, 0.717) is 11.1 Å². The number of hydrogen-bond donors (Lipinski definition) is 1. The number of nitrogens with zero attached hydrogens (tertiary/aromatic N) is 2. The van der Waals surface area contributed by atoms with Crippen molar-refractivity contribution >= 4 is 17.7 Å². The van der Waals surface area contributed by atoms with E-state index in [2.05, 4.69) is 17.1 Å². The standard InChI is InChI=1S/C12H13N3O2S/c1-2-8-3-5-9(6-4-8)11-14-15-12(17-11)18-7-10(13)16/h3-6H,2,7H2,1H3,(H2,13,16). The first-order valence-electron chi connectivity index (χ1n) is 5.53. The zero-order chi connectivity index (χ0) is 13.0. The lowest BCUT2D eigenvalue weighted by Crippen LogP contribution is -2.12. The third kappa shape index (κ3) is 3.10. The van der Waals surface area contributed by atoms with Gasteiger partial charge in [-0.15, -0.1) is 10.2 Å². The zero-order valence-corrected chi connectivity index (χ0v) is 10.7. The summed E-state index contributed by atoms with van der Waals surface area (Å²) in [7, 11) is 0. The second-order valence-corrected chi connectivity index (χ2v) is 4.61. The molecule has 18 heavy (non-hydrogen) atoms. The van der Waals surface area contributed by atoms with Crippen LogP contribution in [0.2, 0.25) is 0 Å². The molecule has 1 aromatic heterocycles. The number of rotatable bonds is 5. The summed E-state index contributed by atoms with van der Waals surface area (Å²) < 4.78 is 5.43. The maximum atomic E-state index is 10.6. The molecular weight excluding hydrogens is 250 g/mol. The predicted molar refractivity (Wildman–Crippen MR) is 69.0 cm³/mol. The van der Waals surface area contributed by atoms with E-state index in [0.717, 1.165) is 23.7 Å². The summed E-state index contributed by atoms with van der Waals surface area (Å²) in [5, 5.41) is 8.13. The van der Waals surface area contributed by atoms with Crippen molar-refractivity contribution in [2.24, 2.45) is 5.73 Å². The van der Waals surface area contributed by atoms with Gasteiger partial charge in [-0.25, -0.2) is 0 Å². The quantitative estimate of drug-likeness (QED) is 0.833. The summed E-state index contributed by atoms with van der Waals surface area (Å²) in [6, 6.07) is 7.93. The van der Waals surface area contributed by atoms with E-state index in [9.17, 15) is 4.79 Å². The summed E-state index contributed by atoms with van der Waals surface area (Å²) in [6.07, 6.45) is 0.990. The first kappa shape index (κ1) is 12.6. The van der Waals surface area contributed by atoms with Gasteiger partial charge in [-0.3, -0.25) is 4.79 Å². The van der Waals surface area contributed by atoms with Crippen molar-refractivity contribution in [2.45, 2.75) is 18.6 Å². The lowest BCUT2D eigenvalue weighted by Gasteiger charge is -1.97. The molecule has 0 saturated heterocycles. The van der Waals surface area contributed by atoms with Gasteiger partial charge in [0.1, 0.15) is 0 Å². The molecule has 0 saturated carbocycles. The first-order chi connectivity index (χ1) is 8.69. The SMILES string of the molecule is CCc1ccc(-c2nnc(SCC(N)=O)o2)cc1. The van der Waals surface area contributed by atoms with Crippen LogP contribution < -0.4 is 5.73 Å². The second-order valence-electron chi connectivity index (χ2n) is 3.68. The van der Waals surface area contributed by atoms with Crippen molar-refractivity contribution in [3.05, 3.63) is 29.8 Å². The van der Waals surface area contributed by atoms with Crippen LogP contribution in [0, 0.1) is 0 Å². The minimum Gasteiger partial charge on any atom is -0.411 e. The molecule has 0 bridgehead atoms. The van der Waals surface area contributed by atoms with Crippen LogP contribution in [-0.2, 0) is 11.2 Å². The minimum atomic E-state index is -0.410. The normalized spacial score (nSPS) is 10.5. The number of carbonyl (C=O) groups excluding carboxylic acids is 1. The molecule has 0 atom stereocenters. The molecule has 0 aliphatic rings. The smallest absolute Gasteiger partial charge is 0.277 e. The summed E-state index contributed by atoms with van der Waals surface area (Å²) in [5.41, 5.74) is 7.16. The maximum absolute atomic E-state index is 10.6. The molecule has 0 aliphatic heterocycles. The van der Waals surface area contributed by atoms with Crippen LogP contribution in [0.3, 0.4) is 0 Å². The number of carbonyl (C=O) groups is 1. The molecule has 0 unspecified atom stereocenters. The number of amides is 1. The van der Waals surface area contributed by atoms with Crippen LogP contribution in [0.1, 0.15) is 12.5 Å². The molecule has 0 radical (unpaired) electrons. The topological polar surface area (TPSA) is 82.0 Å². The Morgan fingerprint density at radius 2 is 2.06 bits per heavy atom. The Kier molecular flexibility index (Phi) is 3.99. The molecule has 0 aliphatic carbocycles. The Bertz CT molecular complexity index is 537. The summed E-state index contributed by atoms with van der Waals surface area (Å²) in [5.74, 6) is 0.174. The van der Waals surface area contributed by atoms with Crippen LogP contribution in [0.25, 0.3) is 11.5 Å². The highest BCUT2D eigenvalue weighted by atomic mass is 32.2. The lowest BCUT2D eigenvalue weighted by molar-refractivity contribution is -0.115. The molecule has 2 N–H and O–H groups in total. The molecule has 2 aromatic rings. The zero-order valence-electron chi connectivity index (χ0n) is 9.92. The highest BCUT2D eigenvalue weighted by Gasteiger charge is 2.09. The Hall–Kier alpha value is -1.82. The number of primary amides is 1. The number of thioether (sulfide) groups is 1. The van der Waals surface area contributed by atoms with E-state index >= 15 is 0 Å².